The van der Waals surface area contributed by atoms with Crippen LogP contribution >= 0.6 is 0 Å². The summed E-state index contributed by atoms with van der Waals surface area (Å²) in [6.07, 6.45) is 1.88. The van der Waals surface area contributed by atoms with Gasteiger partial charge in [-0.2, -0.15) is 0 Å². The van der Waals surface area contributed by atoms with E-state index >= 15 is 0 Å². The minimum atomic E-state index is -1.00. The normalized spacial score (nSPS) is 11.9. The highest BCUT2D eigenvalue weighted by Crippen LogP contribution is 2.07. The summed E-state index contributed by atoms with van der Waals surface area (Å²) >= 11 is 0. The molecule has 0 aliphatic rings. The first-order valence-corrected chi connectivity index (χ1v) is 7.09. The highest BCUT2D eigenvalue weighted by molar-refractivity contribution is 5.83. The Kier molecular flexibility index (Phi) is 7.46. The molecular formula is C16H23NO4. The van der Waals surface area contributed by atoms with Crippen molar-refractivity contribution in [3.05, 3.63) is 35.4 Å². The third-order valence-corrected chi connectivity index (χ3v) is 3.20. The molecule has 0 aromatic heterocycles. The molecule has 1 atom stereocenters. The summed E-state index contributed by atoms with van der Waals surface area (Å²) in [6, 6.07) is 7.10. The Bertz CT molecular complexity index is 473. The standard InChI is InChI=1S/C16H23NO4/c1-12-5-3-6-13(11-12)8-9-15(18)17-14(16(19)20)7-4-10-21-2/h3,5-6,11,14H,4,7-10H2,1-2H3,(H,17,18)(H,19,20). The molecule has 0 fully saturated rings. The highest BCUT2D eigenvalue weighted by atomic mass is 16.5. The van der Waals surface area contributed by atoms with Gasteiger partial charge in [0.05, 0.1) is 0 Å². The Morgan fingerprint density at radius 3 is 2.76 bits per heavy atom. The number of amides is 1. The third-order valence-electron chi connectivity index (χ3n) is 3.20. The molecule has 5 heteroatoms. The number of aliphatic carboxylic acids is 1. The lowest BCUT2D eigenvalue weighted by molar-refractivity contribution is -0.142. The van der Waals surface area contributed by atoms with Gasteiger partial charge < -0.3 is 15.2 Å². The van der Waals surface area contributed by atoms with Crippen molar-refractivity contribution in [3.63, 3.8) is 0 Å². The number of rotatable bonds is 9. The Hall–Kier alpha value is -1.88. The van der Waals surface area contributed by atoms with Gasteiger partial charge in [-0.1, -0.05) is 29.8 Å². The summed E-state index contributed by atoms with van der Waals surface area (Å²) in [5.74, 6) is -1.24. The summed E-state index contributed by atoms with van der Waals surface area (Å²) in [4.78, 5) is 22.9. The summed E-state index contributed by atoms with van der Waals surface area (Å²) in [5.41, 5.74) is 2.23. The summed E-state index contributed by atoms with van der Waals surface area (Å²) in [5, 5.41) is 11.7. The van der Waals surface area contributed by atoms with Crippen LogP contribution in [0.25, 0.3) is 0 Å². The molecule has 1 rings (SSSR count). The van der Waals surface area contributed by atoms with Gasteiger partial charge in [0.25, 0.3) is 0 Å². The highest BCUT2D eigenvalue weighted by Gasteiger charge is 2.19. The van der Waals surface area contributed by atoms with E-state index in [1.54, 1.807) is 7.11 Å². The molecule has 1 unspecified atom stereocenters. The van der Waals surface area contributed by atoms with E-state index in [1.165, 1.54) is 0 Å². The van der Waals surface area contributed by atoms with Crippen molar-refractivity contribution in [1.29, 1.82) is 0 Å². The molecule has 1 aromatic rings. The van der Waals surface area contributed by atoms with E-state index in [1.807, 2.05) is 31.2 Å². The zero-order valence-electron chi connectivity index (χ0n) is 12.6. The smallest absolute Gasteiger partial charge is 0.326 e. The topological polar surface area (TPSA) is 75.6 Å². The van der Waals surface area contributed by atoms with E-state index in [9.17, 15) is 9.59 Å². The van der Waals surface area contributed by atoms with E-state index in [4.69, 9.17) is 9.84 Å². The molecule has 0 saturated carbocycles. The van der Waals surface area contributed by atoms with Gasteiger partial charge in [0.15, 0.2) is 0 Å². The minimum absolute atomic E-state index is 0.235. The largest absolute Gasteiger partial charge is 0.480 e. The third kappa shape index (κ3) is 6.90. The SMILES string of the molecule is COCCCC(NC(=O)CCc1cccc(C)c1)C(=O)O. The molecule has 0 radical (unpaired) electrons. The Labute approximate surface area is 125 Å². The van der Waals surface area contributed by atoms with E-state index in [0.717, 1.165) is 11.1 Å². The van der Waals surface area contributed by atoms with Crippen LogP contribution in [0.4, 0.5) is 0 Å². The quantitative estimate of drug-likeness (QED) is 0.682. The number of benzene rings is 1. The average Bonchev–Trinajstić information content (AvgIpc) is 2.44. The average molecular weight is 293 g/mol. The van der Waals surface area contributed by atoms with Gasteiger partial charge in [0.2, 0.25) is 5.91 Å². The molecule has 1 aromatic carbocycles. The van der Waals surface area contributed by atoms with Crippen LogP contribution in [0.2, 0.25) is 0 Å². The molecule has 0 aliphatic carbocycles. The molecule has 5 nitrogen and oxygen atoms in total. The fraction of sp³-hybridized carbons (Fsp3) is 0.500. The second-order valence-corrected chi connectivity index (χ2v) is 5.08. The van der Waals surface area contributed by atoms with E-state index < -0.39 is 12.0 Å². The maximum Gasteiger partial charge on any atom is 0.326 e. The Morgan fingerprint density at radius 2 is 2.14 bits per heavy atom. The molecule has 0 spiro atoms. The van der Waals surface area contributed by atoms with Crippen molar-refractivity contribution in [2.45, 2.75) is 38.6 Å². The first-order chi connectivity index (χ1) is 10.0. The fourth-order valence-electron chi connectivity index (χ4n) is 2.08. The van der Waals surface area contributed by atoms with Gasteiger partial charge in [-0.25, -0.2) is 4.79 Å². The van der Waals surface area contributed by atoms with Crippen LogP contribution in [0.5, 0.6) is 0 Å². The number of methoxy groups -OCH3 is 1. The van der Waals surface area contributed by atoms with Crippen molar-refractivity contribution >= 4 is 11.9 Å². The van der Waals surface area contributed by atoms with E-state index in [2.05, 4.69) is 5.32 Å². The summed E-state index contributed by atoms with van der Waals surface area (Å²) in [7, 11) is 1.57. The predicted molar refractivity (Wildman–Crippen MR) is 80.2 cm³/mol. The van der Waals surface area contributed by atoms with Gasteiger partial charge in [-0.15, -0.1) is 0 Å². The number of nitrogens with one attached hydrogen (secondary N) is 1. The summed E-state index contributed by atoms with van der Waals surface area (Å²) < 4.78 is 4.89. The predicted octanol–water partition coefficient (Wildman–Crippen LogP) is 1.92. The number of carbonyl (C=O) groups excluding carboxylic acids is 1. The van der Waals surface area contributed by atoms with Crippen molar-refractivity contribution in [3.8, 4) is 0 Å². The van der Waals surface area contributed by atoms with Crippen LogP contribution in [0, 0.1) is 6.92 Å². The maximum absolute atomic E-state index is 11.8. The molecule has 0 saturated heterocycles. The number of carbonyl (C=O) groups is 2. The molecule has 0 bridgehead atoms. The van der Waals surface area contributed by atoms with Crippen molar-refractivity contribution in [1.82, 2.24) is 5.32 Å². The first-order valence-electron chi connectivity index (χ1n) is 7.09. The number of aryl methyl sites for hydroxylation is 2. The van der Waals surface area contributed by atoms with Crippen LogP contribution in [-0.4, -0.2) is 36.7 Å². The lowest BCUT2D eigenvalue weighted by atomic mass is 10.1. The Balaban J connectivity index is 2.41. The van der Waals surface area contributed by atoms with Crippen LogP contribution in [0.1, 0.15) is 30.4 Å². The van der Waals surface area contributed by atoms with Crippen LogP contribution in [0.3, 0.4) is 0 Å². The fourth-order valence-corrected chi connectivity index (χ4v) is 2.08. The molecule has 0 aliphatic heterocycles. The van der Waals surface area contributed by atoms with Gasteiger partial charge in [-0.05, 0) is 31.7 Å². The zero-order chi connectivity index (χ0) is 15.7. The Morgan fingerprint density at radius 1 is 1.38 bits per heavy atom. The van der Waals surface area contributed by atoms with Crippen molar-refractivity contribution < 1.29 is 19.4 Å². The summed E-state index contributed by atoms with van der Waals surface area (Å²) in [6.45, 7) is 2.49. The number of hydrogen-bond acceptors (Lipinski definition) is 3. The molecule has 0 heterocycles. The first kappa shape index (κ1) is 17.2. The van der Waals surface area contributed by atoms with Gasteiger partial charge in [-0.3, -0.25) is 4.79 Å². The van der Waals surface area contributed by atoms with Crippen LogP contribution < -0.4 is 5.32 Å². The second kappa shape index (κ2) is 9.13. The zero-order valence-corrected chi connectivity index (χ0v) is 12.6. The molecule has 21 heavy (non-hydrogen) atoms. The molecular weight excluding hydrogens is 270 g/mol. The van der Waals surface area contributed by atoms with E-state index in [0.29, 0.717) is 25.9 Å². The van der Waals surface area contributed by atoms with Gasteiger partial charge >= 0.3 is 5.97 Å². The number of hydrogen-bond donors (Lipinski definition) is 2. The molecule has 116 valence electrons. The van der Waals surface area contributed by atoms with Crippen LogP contribution in [0.15, 0.2) is 24.3 Å². The van der Waals surface area contributed by atoms with E-state index in [-0.39, 0.29) is 12.3 Å². The number of ether oxygens (including phenoxy) is 1. The van der Waals surface area contributed by atoms with Gasteiger partial charge in [0.1, 0.15) is 6.04 Å². The van der Waals surface area contributed by atoms with Crippen molar-refractivity contribution in [2.24, 2.45) is 0 Å². The monoisotopic (exact) mass is 293 g/mol. The van der Waals surface area contributed by atoms with Gasteiger partial charge in [0, 0.05) is 20.1 Å². The lowest BCUT2D eigenvalue weighted by Gasteiger charge is -2.14. The lowest BCUT2D eigenvalue weighted by Crippen LogP contribution is -2.41. The molecule has 2 N–H and O–H groups in total. The van der Waals surface area contributed by atoms with Crippen LogP contribution in [-0.2, 0) is 20.7 Å². The van der Waals surface area contributed by atoms with Crippen molar-refractivity contribution in [2.75, 3.05) is 13.7 Å². The maximum atomic E-state index is 11.8. The molecule has 1 amide bonds. The minimum Gasteiger partial charge on any atom is -0.480 e. The number of carboxylic acid groups (broad SMARTS) is 1. The second-order valence-electron chi connectivity index (χ2n) is 5.08. The number of carboxylic acids is 1.